The van der Waals surface area contributed by atoms with Crippen LogP contribution in [0.1, 0.15) is 5.56 Å². The molecule has 0 aromatic heterocycles. The molecule has 3 nitrogen and oxygen atoms in total. The highest BCUT2D eigenvalue weighted by molar-refractivity contribution is 5.44. The van der Waals surface area contributed by atoms with Crippen molar-refractivity contribution in [2.75, 3.05) is 13.3 Å². The van der Waals surface area contributed by atoms with E-state index in [-0.39, 0.29) is 13.3 Å². The van der Waals surface area contributed by atoms with E-state index in [1.807, 2.05) is 0 Å². The second kappa shape index (κ2) is 4.21. The average Bonchev–Trinajstić information content (AvgIpc) is 2.62. The van der Waals surface area contributed by atoms with E-state index in [9.17, 15) is 13.2 Å². The van der Waals surface area contributed by atoms with Gasteiger partial charge in [-0.3, -0.25) is 0 Å². The van der Waals surface area contributed by atoms with Crippen LogP contribution in [0.15, 0.2) is 18.2 Å². The van der Waals surface area contributed by atoms with Crippen LogP contribution >= 0.6 is 0 Å². The van der Waals surface area contributed by atoms with Gasteiger partial charge >= 0.3 is 6.18 Å². The van der Waals surface area contributed by atoms with Crippen LogP contribution in [0.25, 0.3) is 0 Å². The molecule has 0 aliphatic carbocycles. The van der Waals surface area contributed by atoms with Crippen molar-refractivity contribution in [3.05, 3.63) is 23.8 Å². The Kier molecular flexibility index (Phi) is 2.91. The maximum atomic E-state index is 11.9. The molecule has 1 aliphatic rings. The highest BCUT2D eigenvalue weighted by Gasteiger charge is 2.26. The summed E-state index contributed by atoms with van der Waals surface area (Å²) in [5, 5.41) is 2.31. The Morgan fingerprint density at radius 2 is 1.94 bits per heavy atom. The van der Waals surface area contributed by atoms with Crippen molar-refractivity contribution in [3.8, 4) is 11.5 Å². The van der Waals surface area contributed by atoms with Crippen molar-refractivity contribution in [3.63, 3.8) is 0 Å². The zero-order valence-corrected chi connectivity index (χ0v) is 8.30. The zero-order valence-electron chi connectivity index (χ0n) is 8.30. The third-order valence-corrected chi connectivity index (χ3v) is 2.09. The van der Waals surface area contributed by atoms with Gasteiger partial charge in [-0.15, -0.1) is 0 Å². The van der Waals surface area contributed by atoms with Crippen molar-refractivity contribution >= 4 is 0 Å². The highest BCUT2D eigenvalue weighted by Crippen LogP contribution is 2.32. The second-order valence-corrected chi connectivity index (χ2v) is 3.41. The van der Waals surface area contributed by atoms with Crippen LogP contribution in [0.4, 0.5) is 13.2 Å². The van der Waals surface area contributed by atoms with Crippen LogP contribution in [-0.4, -0.2) is 19.5 Å². The largest absolute Gasteiger partial charge is 0.454 e. The lowest BCUT2D eigenvalue weighted by Crippen LogP contribution is -2.28. The summed E-state index contributed by atoms with van der Waals surface area (Å²) in [5.41, 5.74) is 0.730. The number of halogens is 3. The molecule has 0 fully saturated rings. The molecular weight excluding hydrogens is 223 g/mol. The molecule has 0 saturated heterocycles. The average molecular weight is 233 g/mol. The van der Waals surface area contributed by atoms with Gasteiger partial charge in [0.1, 0.15) is 0 Å². The predicted molar refractivity (Wildman–Crippen MR) is 50.3 cm³/mol. The van der Waals surface area contributed by atoms with Crippen molar-refractivity contribution in [1.29, 1.82) is 0 Å². The standard InChI is InChI=1S/C10H10F3NO2/c11-10(12,13)5-14-4-7-1-2-8-9(3-7)16-6-15-8/h1-3,14H,4-6H2. The van der Waals surface area contributed by atoms with E-state index in [2.05, 4.69) is 5.32 Å². The summed E-state index contributed by atoms with van der Waals surface area (Å²) in [4.78, 5) is 0. The maximum Gasteiger partial charge on any atom is 0.401 e. The molecule has 0 bridgehead atoms. The van der Waals surface area contributed by atoms with Crippen molar-refractivity contribution < 1.29 is 22.6 Å². The van der Waals surface area contributed by atoms with Gasteiger partial charge in [-0.25, -0.2) is 0 Å². The number of hydrogen-bond donors (Lipinski definition) is 1. The van der Waals surface area contributed by atoms with Gasteiger partial charge < -0.3 is 14.8 Å². The molecule has 0 spiro atoms. The van der Waals surface area contributed by atoms with Gasteiger partial charge in [0.05, 0.1) is 6.54 Å². The fourth-order valence-corrected chi connectivity index (χ4v) is 1.40. The first-order chi connectivity index (χ1) is 7.54. The summed E-state index contributed by atoms with van der Waals surface area (Å²) >= 11 is 0. The van der Waals surface area contributed by atoms with Crippen LogP contribution in [0.2, 0.25) is 0 Å². The maximum absolute atomic E-state index is 11.9. The minimum atomic E-state index is -4.18. The molecule has 1 aromatic rings. The normalized spacial score (nSPS) is 14.2. The summed E-state index contributed by atoms with van der Waals surface area (Å²) in [6, 6.07) is 5.07. The Balaban J connectivity index is 1.91. The summed E-state index contributed by atoms with van der Waals surface area (Å²) in [6.45, 7) is -0.688. The fraction of sp³-hybridized carbons (Fsp3) is 0.400. The van der Waals surface area contributed by atoms with Gasteiger partial charge in [0, 0.05) is 6.54 Å². The third-order valence-electron chi connectivity index (χ3n) is 2.09. The van der Waals surface area contributed by atoms with Gasteiger partial charge in [-0.2, -0.15) is 13.2 Å². The van der Waals surface area contributed by atoms with Gasteiger partial charge in [0.15, 0.2) is 11.5 Å². The molecule has 0 saturated carbocycles. The SMILES string of the molecule is FC(F)(F)CNCc1ccc2c(c1)OCO2. The van der Waals surface area contributed by atoms with Crippen LogP contribution in [0.3, 0.4) is 0 Å². The van der Waals surface area contributed by atoms with E-state index < -0.39 is 12.7 Å². The molecule has 0 unspecified atom stereocenters. The first-order valence-electron chi connectivity index (χ1n) is 4.70. The van der Waals surface area contributed by atoms with Crippen molar-refractivity contribution in [1.82, 2.24) is 5.32 Å². The molecule has 16 heavy (non-hydrogen) atoms. The van der Waals surface area contributed by atoms with Crippen LogP contribution < -0.4 is 14.8 Å². The summed E-state index contributed by atoms with van der Waals surface area (Å²) < 4.78 is 45.8. The molecule has 2 rings (SSSR count). The summed E-state index contributed by atoms with van der Waals surface area (Å²) in [7, 11) is 0. The highest BCUT2D eigenvalue weighted by atomic mass is 19.4. The minimum Gasteiger partial charge on any atom is -0.454 e. The van der Waals surface area contributed by atoms with E-state index >= 15 is 0 Å². The summed E-state index contributed by atoms with van der Waals surface area (Å²) in [5.74, 6) is 1.20. The third kappa shape index (κ3) is 2.79. The number of alkyl halides is 3. The number of benzene rings is 1. The fourth-order valence-electron chi connectivity index (χ4n) is 1.40. The number of fused-ring (bicyclic) bond motifs is 1. The van der Waals surface area contributed by atoms with Gasteiger partial charge in [-0.05, 0) is 17.7 Å². The van der Waals surface area contributed by atoms with E-state index in [0.717, 1.165) is 5.56 Å². The second-order valence-electron chi connectivity index (χ2n) is 3.41. The molecule has 0 atom stereocenters. The monoisotopic (exact) mass is 233 g/mol. The molecule has 6 heteroatoms. The zero-order chi connectivity index (χ0) is 11.6. The minimum absolute atomic E-state index is 0.149. The Hall–Kier alpha value is -1.43. The Bertz CT molecular complexity index is 379. The predicted octanol–water partition coefficient (Wildman–Crippen LogP) is 2.07. The van der Waals surface area contributed by atoms with E-state index in [1.54, 1.807) is 18.2 Å². The lowest BCUT2D eigenvalue weighted by atomic mass is 10.2. The topological polar surface area (TPSA) is 30.5 Å². The van der Waals surface area contributed by atoms with E-state index in [4.69, 9.17) is 9.47 Å². The van der Waals surface area contributed by atoms with Crippen LogP contribution in [0.5, 0.6) is 11.5 Å². The van der Waals surface area contributed by atoms with Crippen molar-refractivity contribution in [2.45, 2.75) is 12.7 Å². The molecular formula is C10H10F3NO2. The van der Waals surface area contributed by atoms with E-state index in [1.165, 1.54) is 0 Å². The first kappa shape index (κ1) is 11.1. The molecule has 0 amide bonds. The number of hydrogen-bond acceptors (Lipinski definition) is 3. The lowest BCUT2D eigenvalue weighted by Gasteiger charge is -2.08. The number of nitrogens with one attached hydrogen (secondary N) is 1. The van der Waals surface area contributed by atoms with Gasteiger partial charge in [0.25, 0.3) is 0 Å². The molecule has 88 valence electrons. The first-order valence-corrected chi connectivity index (χ1v) is 4.70. The lowest BCUT2D eigenvalue weighted by molar-refractivity contribution is -0.125. The summed E-state index contributed by atoms with van der Waals surface area (Å²) in [6.07, 6.45) is -4.18. The Morgan fingerprint density at radius 3 is 2.69 bits per heavy atom. The van der Waals surface area contributed by atoms with E-state index in [0.29, 0.717) is 11.5 Å². The number of rotatable bonds is 3. The molecule has 1 aliphatic heterocycles. The van der Waals surface area contributed by atoms with Gasteiger partial charge in [0.2, 0.25) is 6.79 Å². The molecule has 1 aromatic carbocycles. The smallest absolute Gasteiger partial charge is 0.401 e. The number of ether oxygens (including phenoxy) is 2. The van der Waals surface area contributed by atoms with Crippen LogP contribution in [0, 0.1) is 0 Å². The molecule has 1 heterocycles. The Labute approximate surface area is 90.2 Å². The quantitative estimate of drug-likeness (QED) is 0.866. The van der Waals surface area contributed by atoms with Crippen molar-refractivity contribution in [2.24, 2.45) is 0 Å². The van der Waals surface area contributed by atoms with Gasteiger partial charge in [-0.1, -0.05) is 6.07 Å². The Morgan fingerprint density at radius 1 is 1.19 bits per heavy atom. The van der Waals surface area contributed by atoms with Crippen LogP contribution in [-0.2, 0) is 6.54 Å². The molecule has 1 N–H and O–H groups in total. The molecule has 0 radical (unpaired) electrons.